The summed E-state index contributed by atoms with van der Waals surface area (Å²) in [5.41, 5.74) is 12.6. The normalized spacial score (nSPS) is 10.0. The van der Waals surface area contributed by atoms with Crippen LogP contribution in [-0.4, -0.2) is 5.94 Å². The van der Waals surface area contributed by atoms with E-state index in [1.807, 2.05) is 24.3 Å². The fraction of sp³-hybridized carbons (Fsp3) is 0.0769. The SMILES string of the molecule is Nc1ccc(OCSOc2ccc(N)cc2)cc1. The summed E-state index contributed by atoms with van der Waals surface area (Å²) in [5.74, 6) is 1.90. The van der Waals surface area contributed by atoms with E-state index in [0.717, 1.165) is 11.5 Å². The molecule has 0 aliphatic carbocycles. The Labute approximate surface area is 110 Å². The highest BCUT2D eigenvalue weighted by atomic mass is 32.2. The second-order valence-corrected chi connectivity index (χ2v) is 4.24. The maximum atomic E-state index is 5.57. The van der Waals surface area contributed by atoms with Gasteiger partial charge in [0.2, 0.25) is 0 Å². The van der Waals surface area contributed by atoms with Gasteiger partial charge in [-0.1, -0.05) is 0 Å². The Hall–Kier alpha value is -2.01. The van der Waals surface area contributed by atoms with Gasteiger partial charge in [0.05, 0.1) is 12.0 Å². The van der Waals surface area contributed by atoms with Gasteiger partial charge in [-0.15, -0.1) is 0 Å². The van der Waals surface area contributed by atoms with Crippen LogP contribution in [0.4, 0.5) is 11.4 Å². The number of hydrogen-bond acceptors (Lipinski definition) is 5. The topological polar surface area (TPSA) is 70.5 Å². The Morgan fingerprint density at radius 1 is 0.778 bits per heavy atom. The molecule has 4 N–H and O–H groups in total. The first-order valence-corrected chi connectivity index (χ1v) is 6.28. The fourth-order valence-corrected chi connectivity index (χ4v) is 1.75. The summed E-state index contributed by atoms with van der Waals surface area (Å²) in [4.78, 5) is 0. The fourth-order valence-electron chi connectivity index (χ4n) is 1.27. The number of nitrogens with two attached hydrogens (primary N) is 2. The van der Waals surface area contributed by atoms with Crippen LogP contribution < -0.4 is 20.4 Å². The molecule has 0 aromatic heterocycles. The van der Waals surface area contributed by atoms with Crippen LogP contribution in [0, 0.1) is 0 Å². The molecule has 5 heteroatoms. The summed E-state index contributed by atoms with van der Waals surface area (Å²) >= 11 is 1.22. The van der Waals surface area contributed by atoms with E-state index in [2.05, 4.69) is 0 Å². The van der Waals surface area contributed by atoms with E-state index in [9.17, 15) is 0 Å². The van der Waals surface area contributed by atoms with Gasteiger partial charge in [0.25, 0.3) is 0 Å². The molecule has 0 spiro atoms. The third-order valence-electron chi connectivity index (χ3n) is 2.19. The predicted octanol–water partition coefficient (Wildman–Crippen LogP) is 2.91. The van der Waals surface area contributed by atoms with Gasteiger partial charge in [-0.05, 0) is 48.5 Å². The molecular formula is C13H14N2O2S. The van der Waals surface area contributed by atoms with Crippen molar-refractivity contribution in [2.45, 2.75) is 0 Å². The number of anilines is 2. The highest BCUT2D eigenvalue weighted by molar-refractivity contribution is 7.94. The van der Waals surface area contributed by atoms with Crippen molar-refractivity contribution in [3.05, 3.63) is 48.5 Å². The highest BCUT2D eigenvalue weighted by Gasteiger charge is 1.97. The first-order valence-electron chi connectivity index (χ1n) is 5.37. The van der Waals surface area contributed by atoms with Crippen molar-refractivity contribution in [2.24, 2.45) is 0 Å². The van der Waals surface area contributed by atoms with Crippen molar-refractivity contribution in [3.63, 3.8) is 0 Å². The quantitative estimate of drug-likeness (QED) is 0.375. The van der Waals surface area contributed by atoms with Crippen molar-refractivity contribution in [3.8, 4) is 11.5 Å². The van der Waals surface area contributed by atoms with Crippen LogP contribution in [0.1, 0.15) is 0 Å². The minimum atomic E-state index is 0.397. The number of ether oxygens (including phenoxy) is 1. The van der Waals surface area contributed by atoms with E-state index in [1.165, 1.54) is 12.0 Å². The molecule has 0 fully saturated rings. The number of rotatable bonds is 5. The summed E-state index contributed by atoms with van der Waals surface area (Å²) in [6, 6.07) is 14.4. The molecule has 0 radical (unpaired) electrons. The monoisotopic (exact) mass is 262 g/mol. The van der Waals surface area contributed by atoms with Crippen LogP contribution in [0.5, 0.6) is 11.5 Å². The van der Waals surface area contributed by atoms with E-state index in [4.69, 9.17) is 20.4 Å². The van der Waals surface area contributed by atoms with Crippen molar-refractivity contribution in [2.75, 3.05) is 17.4 Å². The minimum absolute atomic E-state index is 0.397. The Morgan fingerprint density at radius 3 is 1.83 bits per heavy atom. The molecule has 0 amide bonds. The summed E-state index contributed by atoms with van der Waals surface area (Å²) in [5, 5.41) is 0. The summed E-state index contributed by atoms with van der Waals surface area (Å²) in [6.45, 7) is 0. The van der Waals surface area contributed by atoms with E-state index in [0.29, 0.717) is 17.3 Å². The predicted molar refractivity (Wildman–Crippen MR) is 75.4 cm³/mol. The lowest BCUT2D eigenvalue weighted by Gasteiger charge is -2.06. The molecule has 0 unspecified atom stereocenters. The second-order valence-electron chi connectivity index (χ2n) is 3.60. The van der Waals surface area contributed by atoms with Gasteiger partial charge in [-0.2, -0.15) is 0 Å². The van der Waals surface area contributed by atoms with Crippen molar-refractivity contribution in [1.82, 2.24) is 0 Å². The van der Waals surface area contributed by atoms with Crippen LogP contribution in [-0.2, 0) is 0 Å². The van der Waals surface area contributed by atoms with Gasteiger partial charge in [-0.3, -0.25) is 0 Å². The molecule has 2 rings (SSSR count). The minimum Gasteiger partial charge on any atom is -0.480 e. The maximum Gasteiger partial charge on any atom is 0.171 e. The Morgan fingerprint density at radius 2 is 1.28 bits per heavy atom. The second kappa shape index (κ2) is 6.07. The molecule has 0 bridgehead atoms. The lowest BCUT2D eigenvalue weighted by Crippen LogP contribution is -1.95. The first-order chi connectivity index (χ1) is 8.74. The van der Waals surface area contributed by atoms with Crippen molar-refractivity contribution >= 4 is 23.4 Å². The summed E-state index contributed by atoms with van der Waals surface area (Å²) in [6.07, 6.45) is 0. The average molecular weight is 262 g/mol. The summed E-state index contributed by atoms with van der Waals surface area (Å²) in [7, 11) is 0. The Balaban J connectivity index is 1.73. The van der Waals surface area contributed by atoms with Gasteiger partial charge >= 0.3 is 0 Å². The molecule has 2 aromatic rings. The number of hydrogen-bond donors (Lipinski definition) is 2. The zero-order chi connectivity index (χ0) is 12.8. The Bertz CT molecular complexity index is 438. The first kappa shape index (κ1) is 12.4. The van der Waals surface area contributed by atoms with Crippen LogP contribution in [0.2, 0.25) is 0 Å². The number of benzene rings is 2. The third-order valence-corrected chi connectivity index (χ3v) is 2.71. The molecule has 0 aliphatic rings. The summed E-state index contributed by atoms with van der Waals surface area (Å²) < 4.78 is 10.9. The van der Waals surface area contributed by atoms with Gasteiger partial charge in [0, 0.05) is 11.4 Å². The molecule has 18 heavy (non-hydrogen) atoms. The zero-order valence-corrected chi connectivity index (χ0v) is 10.5. The van der Waals surface area contributed by atoms with Crippen molar-refractivity contribution in [1.29, 1.82) is 0 Å². The van der Waals surface area contributed by atoms with Gasteiger partial charge in [0.1, 0.15) is 11.5 Å². The lowest BCUT2D eigenvalue weighted by molar-refractivity contribution is 0.385. The molecule has 94 valence electrons. The average Bonchev–Trinajstić information content (AvgIpc) is 2.39. The largest absolute Gasteiger partial charge is 0.480 e. The van der Waals surface area contributed by atoms with Crippen LogP contribution in [0.3, 0.4) is 0 Å². The number of nitrogen functional groups attached to an aromatic ring is 2. The molecule has 0 saturated carbocycles. The maximum absolute atomic E-state index is 5.57. The van der Waals surface area contributed by atoms with E-state index in [1.54, 1.807) is 24.3 Å². The lowest BCUT2D eigenvalue weighted by atomic mass is 10.3. The van der Waals surface area contributed by atoms with E-state index in [-0.39, 0.29) is 0 Å². The highest BCUT2D eigenvalue weighted by Crippen LogP contribution is 2.19. The molecule has 0 atom stereocenters. The molecular weight excluding hydrogens is 248 g/mol. The molecule has 2 aromatic carbocycles. The molecule has 0 heterocycles. The van der Waals surface area contributed by atoms with Crippen LogP contribution in [0.25, 0.3) is 0 Å². The van der Waals surface area contributed by atoms with Gasteiger partial charge in [0.15, 0.2) is 5.94 Å². The van der Waals surface area contributed by atoms with Gasteiger partial charge in [-0.25, -0.2) is 0 Å². The Kier molecular flexibility index (Phi) is 4.20. The third kappa shape index (κ3) is 3.78. The smallest absolute Gasteiger partial charge is 0.171 e. The van der Waals surface area contributed by atoms with Crippen LogP contribution >= 0.6 is 12.0 Å². The molecule has 0 saturated heterocycles. The molecule has 0 aliphatic heterocycles. The standard InChI is InChI=1S/C13H14N2O2S/c14-10-1-5-12(6-2-10)16-9-18-17-13-7-3-11(15)4-8-13/h1-8H,9,14-15H2. The van der Waals surface area contributed by atoms with E-state index >= 15 is 0 Å². The molecule has 4 nitrogen and oxygen atoms in total. The van der Waals surface area contributed by atoms with E-state index < -0.39 is 0 Å². The van der Waals surface area contributed by atoms with Crippen molar-refractivity contribution < 1.29 is 8.92 Å². The van der Waals surface area contributed by atoms with Crippen LogP contribution in [0.15, 0.2) is 48.5 Å². The van der Waals surface area contributed by atoms with Gasteiger partial charge < -0.3 is 20.4 Å². The zero-order valence-electron chi connectivity index (χ0n) is 9.71.